The van der Waals surface area contributed by atoms with Crippen LogP contribution in [0.15, 0.2) is 53.3 Å². The molecule has 1 aromatic heterocycles. The fourth-order valence-electron chi connectivity index (χ4n) is 2.01. The van der Waals surface area contributed by atoms with Crippen LogP contribution in [0.5, 0.6) is 0 Å². The van der Waals surface area contributed by atoms with E-state index in [0.29, 0.717) is 21.8 Å². The lowest BCUT2D eigenvalue weighted by molar-refractivity contribution is 0.509. The van der Waals surface area contributed by atoms with Crippen molar-refractivity contribution in [1.29, 1.82) is 0 Å². The van der Waals surface area contributed by atoms with Crippen molar-refractivity contribution >= 4 is 44.2 Å². The molecule has 0 unspecified atom stereocenters. The lowest BCUT2D eigenvalue weighted by Gasteiger charge is -2.00. The highest BCUT2D eigenvalue weighted by atomic mass is 35.5. The number of thiazole rings is 1. The van der Waals surface area contributed by atoms with Gasteiger partial charge < -0.3 is 0 Å². The van der Waals surface area contributed by atoms with E-state index in [2.05, 4.69) is 9.71 Å². The average Bonchev–Trinajstić information content (AvgIpc) is 3.04. The Morgan fingerprint density at radius 1 is 1.08 bits per heavy atom. The maximum absolute atomic E-state index is 13.3. The summed E-state index contributed by atoms with van der Waals surface area (Å²) >= 11 is 6.81. The lowest BCUT2D eigenvalue weighted by atomic mass is 10.2. The Labute approximate surface area is 157 Å². The normalized spacial score (nSPS) is 11.8. The Kier molecular flexibility index (Phi) is 5.36. The van der Waals surface area contributed by atoms with Crippen LogP contribution in [0.4, 0.5) is 13.9 Å². The van der Waals surface area contributed by atoms with Crippen molar-refractivity contribution in [3.8, 4) is 11.3 Å². The van der Waals surface area contributed by atoms with Gasteiger partial charge in [0.2, 0.25) is 0 Å². The predicted octanol–water partition coefficient (Wildman–Crippen LogP) is 5.15. The van der Waals surface area contributed by atoms with Crippen molar-refractivity contribution in [2.45, 2.75) is 0 Å². The number of hydrogen-bond donors (Lipinski definition) is 1. The zero-order chi connectivity index (χ0) is 18.7. The first-order valence-corrected chi connectivity index (χ1v) is 10.0. The van der Waals surface area contributed by atoms with E-state index in [4.69, 9.17) is 11.6 Å². The van der Waals surface area contributed by atoms with Crippen LogP contribution < -0.4 is 4.72 Å². The van der Waals surface area contributed by atoms with Crippen LogP contribution in [0.3, 0.4) is 0 Å². The summed E-state index contributed by atoms with van der Waals surface area (Å²) in [6.45, 7) is 0. The van der Waals surface area contributed by atoms with Crippen molar-refractivity contribution in [2.75, 3.05) is 4.72 Å². The molecule has 0 radical (unpaired) electrons. The van der Waals surface area contributed by atoms with Gasteiger partial charge >= 0.3 is 0 Å². The van der Waals surface area contributed by atoms with E-state index in [-0.39, 0.29) is 5.13 Å². The summed E-state index contributed by atoms with van der Waals surface area (Å²) in [5, 5.41) is 3.23. The number of halogens is 3. The highest BCUT2D eigenvalue weighted by molar-refractivity contribution is 7.95. The van der Waals surface area contributed by atoms with Crippen molar-refractivity contribution in [3.05, 3.63) is 75.5 Å². The average molecular weight is 413 g/mol. The van der Waals surface area contributed by atoms with E-state index < -0.39 is 21.7 Å². The van der Waals surface area contributed by atoms with Gasteiger partial charge in [0.05, 0.1) is 11.1 Å². The van der Waals surface area contributed by atoms with Crippen molar-refractivity contribution in [2.24, 2.45) is 0 Å². The van der Waals surface area contributed by atoms with Crippen LogP contribution in [0.2, 0.25) is 5.02 Å². The van der Waals surface area contributed by atoms with Crippen molar-refractivity contribution in [3.63, 3.8) is 0 Å². The minimum Gasteiger partial charge on any atom is -0.255 e. The van der Waals surface area contributed by atoms with Crippen LogP contribution >= 0.6 is 22.9 Å². The molecule has 9 heteroatoms. The summed E-state index contributed by atoms with van der Waals surface area (Å²) in [5.41, 5.74) is 1.36. The molecule has 26 heavy (non-hydrogen) atoms. The molecule has 2 aromatic carbocycles. The minimum atomic E-state index is -3.78. The molecule has 3 aromatic rings. The third kappa shape index (κ3) is 4.66. The smallest absolute Gasteiger partial charge is 0.255 e. The molecule has 0 amide bonds. The van der Waals surface area contributed by atoms with E-state index in [1.165, 1.54) is 12.1 Å². The molecule has 1 heterocycles. The number of benzene rings is 2. The number of nitrogens with zero attached hydrogens (tertiary/aromatic N) is 1. The third-order valence-electron chi connectivity index (χ3n) is 3.26. The van der Waals surface area contributed by atoms with E-state index in [9.17, 15) is 17.2 Å². The van der Waals surface area contributed by atoms with Crippen LogP contribution in [0.25, 0.3) is 17.3 Å². The minimum absolute atomic E-state index is 0.116. The van der Waals surface area contributed by atoms with Crippen LogP contribution in [-0.4, -0.2) is 13.4 Å². The molecule has 134 valence electrons. The Bertz CT molecular complexity index is 1060. The number of sulfonamides is 1. The molecule has 3 rings (SSSR count). The van der Waals surface area contributed by atoms with Gasteiger partial charge in [-0.3, -0.25) is 4.72 Å². The molecular weight excluding hydrogens is 402 g/mol. The second-order valence-corrected chi connectivity index (χ2v) is 8.03. The Morgan fingerprint density at radius 3 is 2.50 bits per heavy atom. The maximum Gasteiger partial charge on any atom is 0.256 e. The van der Waals surface area contributed by atoms with Crippen molar-refractivity contribution < 1.29 is 17.2 Å². The van der Waals surface area contributed by atoms with Crippen LogP contribution in [-0.2, 0) is 10.0 Å². The first kappa shape index (κ1) is 18.5. The van der Waals surface area contributed by atoms with Crippen LogP contribution in [0, 0.1) is 11.6 Å². The molecule has 0 saturated heterocycles. The number of aromatic nitrogens is 1. The fourth-order valence-corrected chi connectivity index (χ4v) is 3.93. The van der Waals surface area contributed by atoms with E-state index in [1.807, 2.05) is 0 Å². The van der Waals surface area contributed by atoms with Gasteiger partial charge in [-0.1, -0.05) is 23.7 Å². The first-order chi connectivity index (χ1) is 12.3. The standard InChI is InChI=1S/C17H11ClF2N2O2S2/c18-13-4-1-11(2-5-13)7-8-26(23,24)22-17-21-16(10-25-17)12-3-6-14(19)15(20)9-12/h1-10H,(H,21,22)/b8-7+. The second-order valence-electron chi connectivity index (χ2n) is 5.17. The van der Waals surface area contributed by atoms with E-state index >= 15 is 0 Å². The highest BCUT2D eigenvalue weighted by Crippen LogP contribution is 2.26. The van der Waals surface area contributed by atoms with Gasteiger partial charge in [0.25, 0.3) is 10.0 Å². The topological polar surface area (TPSA) is 59.1 Å². The first-order valence-electron chi connectivity index (χ1n) is 7.20. The summed E-state index contributed by atoms with van der Waals surface area (Å²) in [6.07, 6.45) is 1.42. The molecule has 0 aliphatic rings. The largest absolute Gasteiger partial charge is 0.256 e. The molecule has 0 bridgehead atoms. The molecule has 1 N–H and O–H groups in total. The predicted molar refractivity (Wildman–Crippen MR) is 100 cm³/mol. The second kappa shape index (κ2) is 7.53. The SMILES string of the molecule is O=S(=O)(/C=C/c1ccc(Cl)cc1)Nc1nc(-c2ccc(F)c(F)c2)cs1. The number of hydrogen-bond acceptors (Lipinski definition) is 4. The summed E-state index contributed by atoms with van der Waals surface area (Å²) in [5.74, 6) is -1.96. The monoisotopic (exact) mass is 412 g/mol. The molecule has 0 atom stereocenters. The zero-order valence-electron chi connectivity index (χ0n) is 13.0. The summed E-state index contributed by atoms with van der Waals surface area (Å²) in [7, 11) is -3.78. The Morgan fingerprint density at radius 2 is 1.81 bits per heavy atom. The maximum atomic E-state index is 13.3. The highest BCUT2D eigenvalue weighted by Gasteiger charge is 2.12. The molecule has 0 saturated carbocycles. The molecule has 0 aliphatic carbocycles. The number of nitrogens with one attached hydrogen (secondary N) is 1. The Hall–Kier alpha value is -2.29. The van der Waals surface area contributed by atoms with Gasteiger partial charge in [0.15, 0.2) is 16.8 Å². The van der Waals surface area contributed by atoms with Gasteiger partial charge in [0, 0.05) is 16.0 Å². The summed E-state index contributed by atoms with van der Waals surface area (Å²) in [6, 6.07) is 10.0. The molecule has 0 spiro atoms. The van der Waals surface area contributed by atoms with E-state index in [1.54, 1.807) is 29.6 Å². The molecule has 4 nitrogen and oxygen atoms in total. The Balaban J connectivity index is 1.75. The fraction of sp³-hybridized carbons (Fsp3) is 0. The molecular formula is C17H11ClF2N2O2S2. The molecule has 0 aliphatic heterocycles. The van der Waals surface area contributed by atoms with Gasteiger partial charge in [-0.05, 0) is 42.0 Å². The zero-order valence-corrected chi connectivity index (χ0v) is 15.4. The van der Waals surface area contributed by atoms with Gasteiger partial charge in [-0.2, -0.15) is 0 Å². The van der Waals surface area contributed by atoms with Gasteiger partial charge in [0.1, 0.15) is 0 Å². The van der Waals surface area contributed by atoms with Crippen LogP contribution in [0.1, 0.15) is 5.56 Å². The third-order valence-corrected chi connectivity index (χ3v) is 5.37. The summed E-state index contributed by atoms with van der Waals surface area (Å²) < 4.78 is 52.8. The number of anilines is 1. The lowest BCUT2D eigenvalue weighted by Crippen LogP contribution is -2.08. The quantitative estimate of drug-likeness (QED) is 0.630. The van der Waals surface area contributed by atoms with E-state index in [0.717, 1.165) is 28.9 Å². The molecule has 0 fully saturated rings. The number of rotatable bonds is 5. The van der Waals surface area contributed by atoms with Gasteiger partial charge in [-0.25, -0.2) is 22.2 Å². The summed E-state index contributed by atoms with van der Waals surface area (Å²) in [4.78, 5) is 4.09. The van der Waals surface area contributed by atoms with Crippen molar-refractivity contribution in [1.82, 2.24) is 4.98 Å². The van der Waals surface area contributed by atoms with Gasteiger partial charge in [-0.15, -0.1) is 11.3 Å².